The average Bonchev–Trinajstić information content (AvgIpc) is 3.28. The van der Waals surface area contributed by atoms with Gasteiger partial charge in [0.15, 0.2) is 11.5 Å². The van der Waals surface area contributed by atoms with Crippen LogP contribution in [0.3, 0.4) is 0 Å². The van der Waals surface area contributed by atoms with Gasteiger partial charge in [-0.1, -0.05) is 0 Å². The predicted octanol–water partition coefficient (Wildman–Crippen LogP) is 2.16. The lowest BCUT2D eigenvalue weighted by Crippen LogP contribution is -2.46. The van der Waals surface area contributed by atoms with E-state index >= 15 is 0 Å². The fourth-order valence-corrected chi connectivity index (χ4v) is 3.06. The monoisotopic (exact) mass is 276 g/mol. The number of likely N-dealkylation sites (N-methyl/N-ethyl adjacent to an activating group) is 1. The van der Waals surface area contributed by atoms with Gasteiger partial charge in [-0.3, -0.25) is 0 Å². The molecule has 0 spiro atoms. The van der Waals surface area contributed by atoms with E-state index in [4.69, 9.17) is 9.47 Å². The first-order valence-corrected chi connectivity index (χ1v) is 7.32. The minimum Gasteiger partial charge on any atom is -0.493 e. The van der Waals surface area contributed by atoms with Gasteiger partial charge in [0.25, 0.3) is 0 Å². The van der Waals surface area contributed by atoms with Gasteiger partial charge < -0.3 is 19.3 Å². The van der Waals surface area contributed by atoms with Crippen LogP contribution in [0.1, 0.15) is 18.4 Å². The molecule has 2 aliphatic rings. The molecule has 0 saturated heterocycles. The highest BCUT2D eigenvalue weighted by atomic mass is 16.5. The number of fused-ring (bicyclic) bond motifs is 1. The molecule has 110 valence electrons. The molecule has 1 aromatic carbocycles. The summed E-state index contributed by atoms with van der Waals surface area (Å²) in [7, 11) is 7.75. The van der Waals surface area contributed by atoms with Crippen molar-refractivity contribution >= 4 is 5.69 Å². The lowest BCUT2D eigenvalue weighted by Gasteiger charge is -2.39. The molecule has 3 rings (SSSR count). The Morgan fingerprint density at radius 2 is 1.75 bits per heavy atom. The summed E-state index contributed by atoms with van der Waals surface area (Å²) in [5, 5.41) is 0. The maximum atomic E-state index is 5.46. The van der Waals surface area contributed by atoms with Crippen LogP contribution in [0.2, 0.25) is 0 Å². The zero-order chi connectivity index (χ0) is 14.3. The van der Waals surface area contributed by atoms with E-state index in [2.05, 4.69) is 36.0 Å². The number of ether oxygens (including phenoxy) is 2. The lowest BCUT2D eigenvalue weighted by atomic mass is 9.96. The molecule has 1 saturated carbocycles. The molecule has 4 heteroatoms. The Kier molecular flexibility index (Phi) is 3.50. The quantitative estimate of drug-likeness (QED) is 0.841. The molecule has 0 aromatic heterocycles. The third-order valence-electron chi connectivity index (χ3n) is 4.48. The third-order valence-corrected chi connectivity index (χ3v) is 4.48. The van der Waals surface area contributed by atoms with Crippen molar-refractivity contribution in [3.8, 4) is 11.5 Å². The molecule has 4 nitrogen and oxygen atoms in total. The van der Waals surface area contributed by atoms with Crippen molar-refractivity contribution in [3.63, 3.8) is 0 Å². The Hall–Kier alpha value is -1.42. The summed E-state index contributed by atoms with van der Waals surface area (Å²) in [4.78, 5) is 4.89. The minimum absolute atomic E-state index is 0.571. The second kappa shape index (κ2) is 5.17. The number of methoxy groups -OCH3 is 2. The summed E-state index contributed by atoms with van der Waals surface area (Å²) < 4.78 is 10.9. The molecule has 1 heterocycles. The summed E-state index contributed by atoms with van der Waals surface area (Å²) in [5.74, 6) is 1.67. The van der Waals surface area contributed by atoms with Crippen LogP contribution < -0.4 is 14.4 Å². The third kappa shape index (κ3) is 2.33. The Labute approximate surface area is 121 Å². The first-order valence-electron chi connectivity index (χ1n) is 7.32. The van der Waals surface area contributed by atoms with Gasteiger partial charge in [0.1, 0.15) is 0 Å². The normalized spacial score (nSPS) is 21.9. The maximum Gasteiger partial charge on any atom is 0.162 e. The largest absolute Gasteiger partial charge is 0.493 e. The van der Waals surface area contributed by atoms with E-state index in [9.17, 15) is 0 Å². The van der Waals surface area contributed by atoms with Gasteiger partial charge in [-0.25, -0.2) is 0 Å². The van der Waals surface area contributed by atoms with Crippen LogP contribution in [0, 0.1) is 0 Å². The van der Waals surface area contributed by atoms with Crippen LogP contribution in [0.25, 0.3) is 0 Å². The van der Waals surface area contributed by atoms with Crippen LogP contribution in [0.4, 0.5) is 5.69 Å². The van der Waals surface area contributed by atoms with E-state index < -0.39 is 0 Å². The Balaban J connectivity index is 2.01. The van der Waals surface area contributed by atoms with Gasteiger partial charge in [-0.05, 0) is 45.0 Å². The molecular formula is C16H24N2O2. The molecule has 0 bridgehead atoms. The van der Waals surface area contributed by atoms with Crippen molar-refractivity contribution in [1.29, 1.82) is 0 Å². The van der Waals surface area contributed by atoms with Crippen molar-refractivity contribution in [1.82, 2.24) is 4.90 Å². The molecule has 20 heavy (non-hydrogen) atoms. The van der Waals surface area contributed by atoms with E-state index in [-0.39, 0.29) is 0 Å². The summed E-state index contributed by atoms with van der Waals surface area (Å²) in [5.41, 5.74) is 2.71. The standard InChI is InChI=1S/C16H24N2O2/c1-17(2)13-7-11-8-15(19-3)16(20-4)9-14(11)18(10-13)12-5-6-12/h8-9,12-13H,5-7,10H2,1-4H3. The molecule has 1 aliphatic carbocycles. The van der Waals surface area contributed by atoms with Gasteiger partial charge in [0.05, 0.1) is 14.2 Å². The number of benzene rings is 1. The van der Waals surface area contributed by atoms with Gasteiger partial charge in [0.2, 0.25) is 0 Å². The van der Waals surface area contributed by atoms with Crippen molar-refractivity contribution < 1.29 is 9.47 Å². The Bertz CT molecular complexity index is 497. The van der Waals surface area contributed by atoms with Gasteiger partial charge >= 0.3 is 0 Å². The SMILES string of the molecule is COc1cc2c(cc1OC)N(C1CC1)CC(N(C)C)C2. The second-order valence-electron chi connectivity index (χ2n) is 6.04. The number of anilines is 1. The number of hydrogen-bond donors (Lipinski definition) is 0. The molecule has 1 aromatic rings. The van der Waals surface area contributed by atoms with Crippen LogP contribution >= 0.6 is 0 Å². The first kappa shape index (κ1) is 13.6. The molecule has 1 fully saturated rings. The van der Waals surface area contributed by atoms with Gasteiger partial charge in [0, 0.05) is 30.4 Å². The average molecular weight is 276 g/mol. The molecule has 1 aliphatic heterocycles. The van der Waals surface area contributed by atoms with E-state index in [1.807, 2.05) is 0 Å². The molecule has 0 N–H and O–H groups in total. The zero-order valence-electron chi connectivity index (χ0n) is 12.8. The first-order chi connectivity index (χ1) is 9.63. The second-order valence-corrected chi connectivity index (χ2v) is 6.04. The van der Waals surface area contributed by atoms with E-state index in [1.165, 1.54) is 24.1 Å². The highest BCUT2D eigenvalue weighted by Gasteiger charge is 2.36. The number of rotatable bonds is 4. The van der Waals surface area contributed by atoms with Crippen molar-refractivity contribution in [2.45, 2.75) is 31.3 Å². The van der Waals surface area contributed by atoms with Crippen LogP contribution in [0.15, 0.2) is 12.1 Å². The molecular weight excluding hydrogens is 252 g/mol. The summed E-state index contributed by atoms with van der Waals surface area (Å²) in [6.45, 7) is 1.11. The molecule has 1 unspecified atom stereocenters. The highest BCUT2D eigenvalue weighted by molar-refractivity contribution is 5.65. The summed E-state index contributed by atoms with van der Waals surface area (Å²) >= 11 is 0. The number of hydrogen-bond acceptors (Lipinski definition) is 4. The Morgan fingerprint density at radius 1 is 1.10 bits per heavy atom. The topological polar surface area (TPSA) is 24.9 Å². The van der Waals surface area contributed by atoms with E-state index in [1.54, 1.807) is 14.2 Å². The molecule has 0 amide bonds. The molecule has 1 atom stereocenters. The van der Waals surface area contributed by atoms with Crippen molar-refractivity contribution in [2.75, 3.05) is 39.8 Å². The van der Waals surface area contributed by atoms with E-state index in [0.717, 1.165) is 30.5 Å². The maximum absolute atomic E-state index is 5.46. The van der Waals surface area contributed by atoms with Crippen molar-refractivity contribution in [2.24, 2.45) is 0 Å². The van der Waals surface area contributed by atoms with Gasteiger partial charge in [-0.2, -0.15) is 0 Å². The highest BCUT2D eigenvalue weighted by Crippen LogP contribution is 2.42. The summed E-state index contributed by atoms with van der Waals surface area (Å²) in [6.07, 6.45) is 3.70. The van der Waals surface area contributed by atoms with Gasteiger partial charge in [-0.15, -0.1) is 0 Å². The predicted molar refractivity (Wildman–Crippen MR) is 81.1 cm³/mol. The van der Waals surface area contributed by atoms with Crippen LogP contribution in [-0.2, 0) is 6.42 Å². The zero-order valence-corrected chi connectivity index (χ0v) is 12.8. The fourth-order valence-electron chi connectivity index (χ4n) is 3.06. The smallest absolute Gasteiger partial charge is 0.162 e. The van der Waals surface area contributed by atoms with Crippen LogP contribution in [0.5, 0.6) is 11.5 Å². The van der Waals surface area contributed by atoms with E-state index in [0.29, 0.717) is 6.04 Å². The molecule has 0 radical (unpaired) electrons. The fraction of sp³-hybridized carbons (Fsp3) is 0.625. The summed E-state index contributed by atoms with van der Waals surface area (Å²) in [6, 6.07) is 5.59. The number of nitrogens with zero attached hydrogens (tertiary/aromatic N) is 2. The minimum atomic E-state index is 0.571. The van der Waals surface area contributed by atoms with Crippen LogP contribution in [-0.4, -0.2) is 51.8 Å². The lowest BCUT2D eigenvalue weighted by molar-refractivity contribution is 0.284. The Morgan fingerprint density at radius 3 is 2.30 bits per heavy atom. The van der Waals surface area contributed by atoms with Crippen molar-refractivity contribution in [3.05, 3.63) is 17.7 Å².